The lowest BCUT2D eigenvalue weighted by atomic mass is 10.2. The molecule has 0 atom stereocenters. The largest absolute Gasteiger partial charge is 0.439 e. The minimum absolute atomic E-state index is 0.345. The van der Waals surface area contributed by atoms with E-state index in [1.165, 1.54) is 12.3 Å². The molecule has 3 aromatic rings. The van der Waals surface area contributed by atoms with Gasteiger partial charge in [-0.05, 0) is 55.8 Å². The first-order chi connectivity index (χ1) is 11.1. The van der Waals surface area contributed by atoms with Gasteiger partial charge in [0.25, 0.3) is 0 Å². The number of benzene rings is 1. The molecule has 0 unspecified atom stereocenters. The number of ether oxygens (including phenoxy) is 1. The van der Waals surface area contributed by atoms with Gasteiger partial charge in [-0.15, -0.1) is 0 Å². The van der Waals surface area contributed by atoms with Crippen molar-refractivity contribution in [2.24, 2.45) is 0 Å². The molecule has 0 saturated heterocycles. The van der Waals surface area contributed by atoms with Gasteiger partial charge in [0.15, 0.2) is 0 Å². The molecule has 0 bridgehead atoms. The van der Waals surface area contributed by atoms with Gasteiger partial charge in [-0.25, -0.2) is 14.4 Å². The molecule has 1 N–H and O–H groups in total. The lowest BCUT2D eigenvalue weighted by molar-refractivity contribution is 0.459. The highest BCUT2D eigenvalue weighted by molar-refractivity contribution is 5.59. The van der Waals surface area contributed by atoms with Gasteiger partial charge in [-0.1, -0.05) is 6.07 Å². The van der Waals surface area contributed by atoms with Crippen LogP contribution in [0.25, 0.3) is 0 Å². The summed E-state index contributed by atoms with van der Waals surface area (Å²) in [6, 6.07) is 12.7. The van der Waals surface area contributed by atoms with Crippen LogP contribution in [0.2, 0.25) is 0 Å². The second-order valence-corrected chi connectivity index (χ2v) is 5.20. The van der Waals surface area contributed by atoms with Crippen LogP contribution in [0.4, 0.5) is 15.9 Å². The van der Waals surface area contributed by atoms with Gasteiger partial charge in [0.2, 0.25) is 5.88 Å². The third kappa shape index (κ3) is 3.63. The fourth-order valence-corrected chi connectivity index (χ4v) is 2.10. The molecule has 1 aromatic carbocycles. The van der Waals surface area contributed by atoms with Crippen molar-refractivity contribution in [1.82, 2.24) is 9.97 Å². The highest BCUT2D eigenvalue weighted by Crippen LogP contribution is 2.25. The van der Waals surface area contributed by atoms with E-state index in [0.29, 0.717) is 17.4 Å². The van der Waals surface area contributed by atoms with Gasteiger partial charge in [0.1, 0.15) is 17.4 Å². The molecule has 0 amide bonds. The summed E-state index contributed by atoms with van der Waals surface area (Å²) >= 11 is 0. The molecular weight excluding hydrogens is 293 g/mol. The maximum absolute atomic E-state index is 13.1. The Morgan fingerprint density at radius 2 is 1.78 bits per heavy atom. The lowest BCUT2D eigenvalue weighted by Crippen LogP contribution is -1.97. The molecule has 0 aliphatic heterocycles. The van der Waals surface area contributed by atoms with E-state index in [4.69, 9.17) is 4.74 Å². The van der Waals surface area contributed by atoms with E-state index < -0.39 is 0 Å². The summed E-state index contributed by atoms with van der Waals surface area (Å²) in [4.78, 5) is 8.25. The number of nitrogens with one attached hydrogen (secondary N) is 1. The van der Waals surface area contributed by atoms with Gasteiger partial charge in [-0.2, -0.15) is 0 Å². The van der Waals surface area contributed by atoms with Crippen LogP contribution >= 0.6 is 0 Å². The Morgan fingerprint density at radius 3 is 2.48 bits per heavy atom. The first-order valence-corrected chi connectivity index (χ1v) is 7.20. The second kappa shape index (κ2) is 6.44. The van der Waals surface area contributed by atoms with Crippen LogP contribution in [0.3, 0.4) is 0 Å². The van der Waals surface area contributed by atoms with Gasteiger partial charge in [0, 0.05) is 17.4 Å². The van der Waals surface area contributed by atoms with Crippen LogP contribution in [0, 0.1) is 19.7 Å². The van der Waals surface area contributed by atoms with Crippen LogP contribution in [0.1, 0.15) is 11.1 Å². The molecule has 5 heteroatoms. The van der Waals surface area contributed by atoms with Crippen LogP contribution < -0.4 is 10.1 Å². The van der Waals surface area contributed by atoms with E-state index in [2.05, 4.69) is 15.3 Å². The van der Waals surface area contributed by atoms with E-state index in [1.807, 2.05) is 43.3 Å². The average Bonchev–Trinajstić information content (AvgIpc) is 2.54. The molecule has 0 saturated carbocycles. The molecular formula is C18H16FN3O. The van der Waals surface area contributed by atoms with Gasteiger partial charge >= 0.3 is 0 Å². The van der Waals surface area contributed by atoms with Crippen molar-refractivity contribution in [3.05, 3.63) is 71.8 Å². The summed E-state index contributed by atoms with van der Waals surface area (Å²) in [6.07, 6.45) is 2.89. The highest BCUT2D eigenvalue weighted by atomic mass is 19.1. The first-order valence-electron chi connectivity index (χ1n) is 7.20. The van der Waals surface area contributed by atoms with Gasteiger partial charge < -0.3 is 10.1 Å². The molecule has 0 spiro atoms. The zero-order valence-corrected chi connectivity index (χ0v) is 12.9. The Hall–Kier alpha value is -2.95. The summed E-state index contributed by atoms with van der Waals surface area (Å²) in [5.74, 6) is 1.56. The normalized spacial score (nSPS) is 10.4. The average molecular weight is 309 g/mol. The molecule has 0 radical (unpaired) electrons. The van der Waals surface area contributed by atoms with Crippen LogP contribution in [0.15, 0.2) is 54.9 Å². The summed E-state index contributed by atoms with van der Waals surface area (Å²) in [7, 11) is 0. The number of pyridine rings is 2. The zero-order valence-electron chi connectivity index (χ0n) is 12.9. The Bertz CT molecular complexity index is 819. The van der Waals surface area contributed by atoms with E-state index >= 15 is 0 Å². The summed E-state index contributed by atoms with van der Waals surface area (Å²) in [5.41, 5.74) is 2.56. The van der Waals surface area contributed by atoms with Crippen molar-refractivity contribution >= 4 is 11.5 Å². The molecule has 2 heterocycles. The lowest BCUT2D eigenvalue weighted by Gasteiger charge is -2.10. The number of rotatable bonds is 4. The third-order valence-electron chi connectivity index (χ3n) is 3.34. The molecule has 3 rings (SSSR count). The van der Waals surface area contributed by atoms with Gasteiger partial charge in [0.05, 0.1) is 6.20 Å². The molecule has 0 aliphatic carbocycles. The third-order valence-corrected chi connectivity index (χ3v) is 3.34. The van der Waals surface area contributed by atoms with E-state index in [9.17, 15) is 4.39 Å². The summed E-state index contributed by atoms with van der Waals surface area (Å²) in [5, 5.41) is 3.15. The number of aryl methyl sites for hydroxylation is 2. The minimum atomic E-state index is -0.345. The minimum Gasteiger partial charge on any atom is -0.439 e. The molecule has 4 nitrogen and oxygen atoms in total. The molecule has 0 aliphatic rings. The van der Waals surface area contributed by atoms with Crippen molar-refractivity contribution in [3.63, 3.8) is 0 Å². The Morgan fingerprint density at radius 1 is 1.00 bits per heavy atom. The number of anilines is 2. The number of hydrogen-bond acceptors (Lipinski definition) is 4. The SMILES string of the molecule is Cc1cc(F)cnc1Nc1ccc(Oc2ncccc2C)cc1. The number of aromatic nitrogens is 2. The smallest absolute Gasteiger partial charge is 0.222 e. The zero-order chi connectivity index (χ0) is 16.2. The van der Waals surface area contributed by atoms with Crippen LogP contribution in [-0.4, -0.2) is 9.97 Å². The summed E-state index contributed by atoms with van der Waals surface area (Å²) < 4.78 is 18.8. The van der Waals surface area contributed by atoms with E-state index in [-0.39, 0.29) is 5.82 Å². The number of nitrogens with zero attached hydrogens (tertiary/aromatic N) is 2. The Balaban J connectivity index is 1.73. The highest BCUT2D eigenvalue weighted by Gasteiger charge is 2.04. The fraction of sp³-hybridized carbons (Fsp3) is 0.111. The van der Waals surface area contributed by atoms with Crippen LogP contribution in [0.5, 0.6) is 11.6 Å². The van der Waals surface area contributed by atoms with Crippen LogP contribution in [-0.2, 0) is 0 Å². The molecule has 0 fully saturated rings. The fourth-order valence-electron chi connectivity index (χ4n) is 2.10. The number of halogens is 1. The second-order valence-electron chi connectivity index (χ2n) is 5.20. The van der Waals surface area contributed by atoms with Crippen molar-refractivity contribution in [2.45, 2.75) is 13.8 Å². The molecule has 116 valence electrons. The maximum Gasteiger partial charge on any atom is 0.222 e. The van der Waals surface area contributed by atoms with Crippen molar-refractivity contribution in [2.75, 3.05) is 5.32 Å². The predicted octanol–water partition coefficient (Wildman–Crippen LogP) is 4.77. The van der Waals surface area contributed by atoms with Crippen molar-refractivity contribution in [3.8, 4) is 11.6 Å². The number of hydrogen-bond donors (Lipinski definition) is 1. The summed E-state index contributed by atoms with van der Waals surface area (Å²) in [6.45, 7) is 3.75. The Labute approximate surface area is 134 Å². The van der Waals surface area contributed by atoms with Crippen molar-refractivity contribution in [1.29, 1.82) is 0 Å². The first kappa shape index (κ1) is 15.0. The molecule has 2 aromatic heterocycles. The van der Waals surface area contributed by atoms with E-state index in [0.717, 1.165) is 16.8 Å². The topological polar surface area (TPSA) is 47.0 Å². The maximum atomic E-state index is 13.1. The standard InChI is InChI=1S/C18H16FN3O/c1-12-4-3-9-20-18(12)23-16-7-5-15(6-8-16)22-17-13(2)10-14(19)11-21-17/h3-11H,1-2H3,(H,21,22). The van der Waals surface area contributed by atoms with E-state index in [1.54, 1.807) is 13.1 Å². The predicted molar refractivity (Wildman–Crippen MR) is 87.7 cm³/mol. The Kier molecular flexibility index (Phi) is 4.19. The quantitative estimate of drug-likeness (QED) is 0.754. The monoisotopic (exact) mass is 309 g/mol. The van der Waals surface area contributed by atoms with Gasteiger partial charge in [-0.3, -0.25) is 0 Å². The van der Waals surface area contributed by atoms with Crippen molar-refractivity contribution < 1.29 is 9.13 Å². The molecule has 23 heavy (non-hydrogen) atoms.